The van der Waals surface area contributed by atoms with E-state index in [9.17, 15) is 9.59 Å². The highest BCUT2D eigenvalue weighted by molar-refractivity contribution is 7.98. The van der Waals surface area contributed by atoms with E-state index in [-0.39, 0.29) is 5.41 Å². The first-order valence-corrected chi connectivity index (χ1v) is 17.8. The Balaban J connectivity index is 0.000000322. The molecule has 0 bridgehead atoms. The molecule has 0 fully saturated rings. The number of likely N-dealkylation sites (N-methyl/N-ethyl adjacent to an activating group) is 2. The molecule has 1 heterocycles. The highest BCUT2D eigenvalue weighted by Crippen LogP contribution is 2.39. The summed E-state index contributed by atoms with van der Waals surface area (Å²) in [7, 11) is 4.03. The Bertz CT molecular complexity index is 1310. The summed E-state index contributed by atoms with van der Waals surface area (Å²) in [6.07, 6.45) is 13.2. The van der Waals surface area contributed by atoms with Crippen molar-refractivity contribution in [2.45, 2.75) is 90.1 Å². The second kappa shape index (κ2) is 20.0. The number of hydrogen-bond acceptors (Lipinski definition) is 7. The number of hydrogen-bond donors (Lipinski definition) is 1. The molecule has 0 saturated heterocycles. The van der Waals surface area contributed by atoms with E-state index in [4.69, 9.17) is 0 Å². The van der Waals surface area contributed by atoms with Crippen LogP contribution in [0.25, 0.3) is 0 Å². The van der Waals surface area contributed by atoms with Crippen molar-refractivity contribution in [3.05, 3.63) is 77.5 Å². The van der Waals surface area contributed by atoms with E-state index in [2.05, 4.69) is 116 Å². The van der Waals surface area contributed by atoms with Crippen LogP contribution < -0.4 is 15.1 Å². The standard InChI is InChI=1S/C20H33NO.C18H24N4OS/c1-5-12-20(15-16-21-17-22,14-9-13-19(2,3)4)18-10-7-6-8-11-18;1-5-14-7-6-8-16(11-14)21(2)9-10-22(3)17-15(13-23)12-19-18(20-17)24-4/h6-8,10-11,17H,5,9,12-16H2,1-4H3,(H,21,22);6-8,11-13H,5,9-10H2,1-4H3. The maximum Gasteiger partial charge on any atom is 0.207 e. The van der Waals surface area contributed by atoms with E-state index >= 15 is 0 Å². The van der Waals surface area contributed by atoms with E-state index < -0.39 is 0 Å². The SMILES string of the molecule is CCCC(CCCC(C)(C)C)(CCNC=O)c1ccccc1.CCc1cccc(N(C)CCN(C)c2nc(SC)ncc2C=O)c1. The van der Waals surface area contributed by atoms with Crippen molar-refractivity contribution in [1.29, 1.82) is 0 Å². The molecule has 0 aliphatic heterocycles. The zero-order chi connectivity index (χ0) is 34.0. The zero-order valence-corrected chi connectivity index (χ0v) is 30.3. The summed E-state index contributed by atoms with van der Waals surface area (Å²) in [5.41, 5.74) is 5.05. The predicted molar refractivity (Wildman–Crippen MR) is 197 cm³/mol. The van der Waals surface area contributed by atoms with E-state index in [0.29, 0.717) is 22.0 Å². The number of thioether (sulfide) groups is 1. The molecule has 3 rings (SSSR count). The van der Waals surface area contributed by atoms with Crippen molar-refractivity contribution in [3.63, 3.8) is 0 Å². The maximum absolute atomic E-state index is 11.2. The molecular weight excluding hydrogens is 591 g/mol. The molecule has 1 unspecified atom stereocenters. The summed E-state index contributed by atoms with van der Waals surface area (Å²) >= 11 is 1.47. The Morgan fingerprint density at radius 3 is 2.22 bits per heavy atom. The van der Waals surface area contributed by atoms with Gasteiger partial charge in [-0.15, -0.1) is 0 Å². The molecule has 0 spiro atoms. The molecule has 0 aliphatic rings. The molecule has 2 aromatic carbocycles. The Labute approximate surface area is 283 Å². The van der Waals surface area contributed by atoms with Crippen molar-refractivity contribution >= 4 is 36.0 Å². The molecule has 252 valence electrons. The third-order valence-electron chi connectivity index (χ3n) is 8.50. The summed E-state index contributed by atoms with van der Waals surface area (Å²) in [5.74, 6) is 0.681. The molecule has 0 aliphatic carbocycles. The maximum atomic E-state index is 11.2. The molecule has 1 N–H and O–H groups in total. The van der Waals surface area contributed by atoms with Gasteiger partial charge < -0.3 is 15.1 Å². The van der Waals surface area contributed by atoms with Crippen LogP contribution in [0.2, 0.25) is 0 Å². The van der Waals surface area contributed by atoms with Gasteiger partial charge in [0.15, 0.2) is 11.4 Å². The smallest absolute Gasteiger partial charge is 0.207 e. The number of aldehydes is 1. The molecule has 0 saturated carbocycles. The fourth-order valence-electron chi connectivity index (χ4n) is 5.81. The fraction of sp³-hybridized carbons (Fsp3) is 0.526. The van der Waals surface area contributed by atoms with Crippen LogP contribution in [-0.4, -0.2) is 62.6 Å². The van der Waals surface area contributed by atoms with Gasteiger partial charge in [0.05, 0.1) is 5.56 Å². The van der Waals surface area contributed by atoms with Crippen LogP contribution in [0.15, 0.2) is 66.0 Å². The van der Waals surface area contributed by atoms with Crippen LogP contribution >= 0.6 is 11.8 Å². The third kappa shape index (κ3) is 12.8. The van der Waals surface area contributed by atoms with E-state index in [1.165, 1.54) is 60.7 Å². The number of anilines is 2. The van der Waals surface area contributed by atoms with E-state index in [1.807, 2.05) is 18.2 Å². The molecule has 1 aromatic heterocycles. The number of aromatic nitrogens is 2. The van der Waals surface area contributed by atoms with Gasteiger partial charge in [-0.3, -0.25) is 9.59 Å². The minimum Gasteiger partial charge on any atom is -0.373 e. The van der Waals surface area contributed by atoms with E-state index in [0.717, 1.165) is 45.2 Å². The lowest BCUT2D eigenvalue weighted by atomic mass is 9.70. The topological polar surface area (TPSA) is 78.4 Å². The number of carbonyl (C=O) groups is 2. The Hall–Kier alpha value is -3.39. The van der Waals surface area contributed by atoms with E-state index in [1.54, 1.807) is 6.20 Å². The molecule has 1 atom stereocenters. The Morgan fingerprint density at radius 1 is 0.891 bits per heavy atom. The van der Waals surface area contributed by atoms with Crippen molar-refractivity contribution < 1.29 is 9.59 Å². The van der Waals surface area contributed by atoms with Gasteiger partial charge in [-0.05, 0) is 72.4 Å². The normalized spacial score (nSPS) is 12.3. The fourth-order valence-corrected chi connectivity index (χ4v) is 6.14. The quantitative estimate of drug-likeness (QED) is 0.0645. The highest BCUT2D eigenvalue weighted by atomic mass is 32.2. The van der Waals surface area contributed by atoms with Crippen LogP contribution in [-0.2, 0) is 16.6 Å². The summed E-state index contributed by atoms with van der Waals surface area (Å²) in [6.45, 7) is 13.7. The molecule has 8 heteroatoms. The Morgan fingerprint density at radius 2 is 1.61 bits per heavy atom. The van der Waals surface area contributed by atoms with Crippen molar-refractivity contribution in [2.75, 3.05) is 49.8 Å². The summed E-state index contributed by atoms with van der Waals surface area (Å²) in [5, 5.41) is 3.53. The molecule has 3 aromatic rings. The van der Waals surface area contributed by atoms with Crippen LogP contribution in [0, 0.1) is 5.41 Å². The average molecular weight is 648 g/mol. The largest absolute Gasteiger partial charge is 0.373 e. The lowest BCUT2D eigenvalue weighted by Crippen LogP contribution is -2.31. The van der Waals surface area contributed by atoms with Gasteiger partial charge in [0.2, 0.25) is 6.41 Å². The summed E-state index contributed by atoms with van der Waals surface area (Å²) in [6, 6.07) is 19.4. The van der Waals surface area contributed by atoms with Crippen molar-refractivity contribution in [3.8, 4) is 0 Å². The number of nitrogens with one attached hydrogen (secondary N) is 1. The van der Waals surface area contributed by atoms with Gasteiger partial charge >= 0.3 is 0 Å². The number of amides is 1. The van der Waals surface area contributed by atoms with Gasteiger partial charge in [-0.2, -0.15) is 0 Å². The van der Waals surface area contributed by atoms with Crippen LogP contribution in [0.1, 0.15) is 94.6 Å². The summed E-state index contributed by atoms with van der Waals surface area (Å²) < 4.78 is 0. The number of rotatable bonds is 18. The molecular formula is C38H57N5O2S. The van der Waals surface area contributed by atoms with Crippen LogP contribution in [0.5, 0.6) is 0 Å². The van der Waals surface area contributed by atoms with Crippen LogP contribution in [0.4, 0.5) is 11.5 Å². The number of carbonyl (C=O) groups excluding carboxylic acids is 2. The molecule has 1 amide bonds. The van der Waals surface area contributed by atoms with Gasteiger partial charge in [-0.1, -0.05) is 102 Å². The minimum absolute atomic E-state index is 0.192. The monoisotopic (exact) mass is 647 g/mol. The van der Waals surface area contributed by atoms with Crippen LogP contribution in [0.3, 0.4) is 0 Å². The van der Waals surface area contributed by atoms with Gasteiger partial charge in [-0.25, -0.2) is 9.97 Å². The number of aryl methyl sites for hydroxylation is 1. The summed E-state index contributed by atoms with van der Waals surface area (Å²) in [4.78, 5) is 34.7. The van der Waals surface area contributed by atoms with Crippen molar-refractivity contribution in [1.82, 2.24) is 15.3 Å². The zero-order valence-electron chi connectivity index (χ0n) is 29.5. The molecule has 0 radical (unpaired) electrons. The second-order valence-electron chi connectivity index (χ2n) is 13.3. The number of benzene rings is 2. The third-order valence-corrected chi connectivity index (χ3v) is 9.07. The average Bonchev–Trinajstić information content (AvgIpc) is 3.06. The molecule has 7 nitrogen and oxygen atoms in total. The first-order chi connectivity index (χ1) is 22.0. The lowest BCUT2D eigenvalue weighted by molar-refractivity contribution is -0.109. The first kappa shape index (κ1) is 38.8. The molecule has 46 heavy (non-hydrogen) atoms. The van der Waals surface area contributed by atoms with Crippen molar-refractivity contribution in [2.24, 2.45) is 5.41 Å². The Kier molecular flexibility index (Phi) is 16.8. The lowest BCUT2D eigenvalue weighted by Gasteiger charge is -2.35. The highest BCUT2D eigenvalue weighted by Gasteiger charge is 2.31. The van der Waals surface area contributed by atoms with Gasteiger partial charge in [0.25, 0.3) is 0 Å². The predicted octanol–water partition coefficient (Wildman–Crippen LogP) is 8.22. The number of nitrogens with zero attached hydrogens (tertiary/aromatic N) is 4. The second-order valence-corrected chi connectivity index (χ2v) is 14.0. The minimum atomic E-state index is 0.192. The van der Waals surface area contributed by atoms with Gasteiger partial charge in [0, 0.05) is 45.6 Å². The first-order valence-electron chi connectivity index (χ1n) is 16.6. The van der Waals surface area contributed by atoms with Gasteiger partial charge in [0.1, 0.15) is 5.82 Å².